The molecule has 0 radical (unpaired) electrons. The van der Waals surface area contributed by atoms with Crippen LogP contribution < -0.4 is 0 Å². The van der Waals surface area contributed by atoms with Crippen molar-refractivity contribution in [3.63, 3.8) is 0 Å². The van der Waals surface area contributed by atoms with Gasteiger partial charge in [0.05, 0.1) is 11.2 Å². The van der Waals surface area contributed by atoms with E-state index in [1.807, 2.05) is 11.3 Å². The van der Waals surface area contributed by atoms with E-state index in [4.69, 9.17) is 0 Å². The molecular weight excluding hydrogens is 606 g/mol. The molecule has 0 N–H and O–H groups in total. The summed E-state index contributed by atoms with van der Waals surface area (Å²) in [5.74, 6) is 0. The zero-order chi connectivity index (χ0) is 28.5. The molecule has 0 atom stereocenters. The second-order valence-electron chi connectivity index (χ2n) is 11.1. The lowest BCUT2D eigenvalue weighted by molar-refractivity contribution is 1.11. The predicted molar refractivity (Wildman–Crippen MR) is 191 cm³/mol. The minimum Gasteiger partial charge on any atom is -0.309 e. The molecule has 5 aromatic carbocycles. The summed E-state index contributed by atoms with van der Waals surface area (Å²) in [4.78, 5) is 0. The maximum Gasteiger partial charge on any atom is 0.0618 e. The molecule has 0 saturated carbocycles. The van der Waals surface area contributed by atoms with Crippen molar-refractivity contribution in [3.05, 3.63) is 147 Å². The molecule has 1 nitrogen and oxygen atoms in total. The molecule has 3 heteroatoms. The topological polar surface area (TPSA) is 4.93 Å². The van der Waals surface area contributed by atoms with Gasteiger partial charge in [0.15, 0.2) is 0 Å². The monoisotopic (exact) mass is 629 g/mol. The van der Waals surface area contributed by atoms with Gasteiger partial charge in [-0.15, -0.1) is 17.1 Å². The molecule has 2 aromatic heterocycles. The molecule has 43 heavy (non-hydrogen) atoms. The number of rotatable bonds is 2. The highest BCUT2D eigenvalue weighted by atomic mass is 79.9. The van der Waals surface area contributed by atoms with Gasteiger partial charge in [0, 0.05) is 47.4 Å². The average Bonchev–Trinajstić information content (AvgIpc) is 3.32. The van der Waals surface area contributed by atoms with E-state index in [1.165, 1.54) is 64.1 Å². The van der Waals surface area contributed by atoms with Crippen molar-refractivity contribution in [2.75, 3.05) is 0 Å². The molecule has 0 bridgehead atoms. The summed E-state index contributed by atoms with van der Waals surface area (Å²) in [6.45, 7) is 0. The van der Waals surface area contributed by atoms with Gasteiger partial charge in [-0.2, -0.15) is 0 Å². The highest BCUT2D eigenvalue weighted by molar-refractivity contribution is 9.10. The van der Waals surface area contributed by atoms with Crippen LogP contribution in [0.1, 0.15) is 34.4 Å². The average molecular weight is 631 g/mol. The molecule has 0 aliphatic heterocycles. The Kier molecular flexibility index (Phi) is 5.61. The molecule has 2 aliphatic carbocycles. The summed E-state index contributed by atoms with van der Waals surface area (Å²) in [5, 5.41) is 6.34. The number of benzene rings is 5. The first kappa shape index (κ1) is 24.9. The van der Waals surface area contributed by atoms with Gasteiger partial charge >= 0.3 is 0 Å². The first-order chi connectivity index (χ1) is 21.2. The van der Waals surface area contributed by atoms with Gasteiger partial charge in [-0.25, -0.2) is 0 Å². The van der Waals surface area contributed by atoms with Crippen LogP contribution in [0.15, 0.2) is 119 Å². The van der Waals surface area contributed by atoms with Crippen LogP contribution in [0.3, 0.4) is 0 Å². The Balaban J connectivity index is 1.26. The minimum atomic E-state index is 0.963. The summed E-state index contributed by atoms with van der Waals surface area (Å²) in [7, 11) is 0. The third kappa shape index (κ3) is 3.90. The maximum absolute atomic E-state index is 3.80. The Morgan fingerprint density at radius 2 is 1.63 bits per heavy atom. The summed E-state index contributed by atoms with van der Waals surface area (Å²) in [6.07, 6.45) is 16.6. The van der Waals surface area contributed by atoms with E-state index in [1.54, 1.807) is 0 Å². The van der Waals surface area contributed by atoms with Crippen LogP contribution in [-0.2, 0) is 0 Å². The van der Waals surface area contributed by atoms with E-state index >= 15 is 0 Å². The lowest BCUT2D eigenvalue weighted by Gasteiger charge is -2.13. The number of aromatic nitrogens is 1. The van der Waals surface area contributed by atoms with Crippen LogP contribution in [0, 0.1) is 0 Å². The number of thiophene rings is 1. The minimum absolute atomic E-state index is 0.963. The van der Waals surface area contributed by atoms with Crippen molar-refractivity contribution >= 4 is 99.0 Å². The number of fused-ring (bicyclic) bond motifs is 9. The first-order valence-corrected chi connectivity index (χ1v) is 16.1. The van der Waals surface area contributed by atoms with E-state index in [0.29, 0.717) is 0 Å². The molecule has 9 rings (SSSR count). The molecular formula is C40H24BrNS. The van der Waals surface area contributed by atoms with Crippen molar-refractivity contribution in [2.24, 2.45) is 0 Å². The molecule has 202 valence electrons. The zero-order valence-corrected chi connectivity index (χ0v) is 25.5. The Hall–Kier alpha value is -4.66. The summed E-state index contributed by atoms with van der Waals surface area (Å²) in [6, 6.07) is 33.4. The Bertz CT molecular complexity index is 2470. The van der Waals surface area contributed by atoms with Crippen LogP contribution in [-0.4, -0.2) is 4.57 Å². The van der Waals surface area contributed by atoms with Crippen molar-refractivity contribution in [1.82, 2.24) is 4.57 Å². The normalized spacial score (nSPS) is 13.9. The van der Waals surface area contributed by atoms with Crippen molar-refractivity contribution < 1.29 is 0 Å². The highest BCUT2D eigenvalue weighted by Gasteiger charge is 2.19. The van der Waals surface area contributed by atoms with Gasteiger partial charge in [-0.05, 0) is 94.1 Å². The molecule has 7 aromatic rings. The van der Waals surface area contributed by atoms with Crippen molar-refractivity contribution in [3.8, 4) is 5.69 Å². The van der Waals surface area contributed by atoms with Gasteiger partial charge in [-0.3, -0.25) is 0 Å². The van der Waals surface area contributed by atoms with Crippen LogP contribution >= 0.6 is 27.3 Å². The molecule has 2 aliphatic rings. The van der Waals surface area contributed by atoms with Crippen LogP contribution in [0.5, 0.6) is 0 Å². The Labute approximate surface area is 261 Å². The third-order valence-corrected chi connectivity index (χ3v) is 10.5. The number of para-hydroxylation sites is 1. The van der Waals surface area contributed by atoms with E-state index in [2.05, 4.69) is 160 Å². The van der Waals surface area contributed by atoms with E-state index in [-0.39, 0.29) is 0 Å². The molecule has 2 heterocycles. The third-order valence-electron chi connectivity index (χ3n) is 8.68. The molecule has 0 fully saturated rings. The first-order valence-electron chi connectivity index (χ1n) is 14.5. The van der Waals surface area contributed by atoms with E-state index in [0.717, 1.165) is 27.8 Å². The maximum atomic E-state index is 3.80. The lowest BCUT2D eigenvalue weighted by Crippen LogP contribution is -1.97. The van der Waals surface area contributed by atoms with Gasteiger partial charge in [-0.1, -0.05) is 88.8 Å². The smallest absolute Gasteiger partial charge is 0.0618 e. The Morgan fingerprint density at radius 3 is 2.60 bits per heavy atom. The van der Waals surface area contributed by atoms with Crippen LogP contribution in [0.4, 0.5) is 0 Å². The number of hydrogen-bond acceptors (Lipinski definition) is 1. The number of allylic oxidation sites excluding steroid dienone is 4. The summed E-state index contributed by atoms with van der Waals surface area (Å²) < 4.78 is 6.14. The largest absolute Gasteiger partial charge is 0.309 e. The number of nitrogens with zero attached hydrogens (tertiary/aromatic N) is 1. The summed E-state index contributed by atoms with van der Waals surface area (Å²) in [5.41, 5.74) is 13.2. The highest BCUT2D eigenvalue weighted by Crippen LogP contribution is 2.41. The fraction of sp³-hybridized carbons (Fsp3) is 0.0250. The fourth-order valence-corrected chi connectivity index (χ4v) is 8.50. The standard InChI is InChI=1S/C40H24BrNS/c41-35-12-7-15-39-40(35)34-23-28(19-21-38(34)43-39)27-9-6-14-37-33(22-27)31-11-4-5-13-36(31)42(37)29-20-18-26-17-16-25-8-2-1-3-10-30(25)32(26)24-29/h2-5,7-24H,1H2. The molecule has 0 unspecified atom stereocenters. The lowest BCUT2D eigenvalue weighted by atomic mass is 9.98. The number of halogens is 1. The molecule has 0 saturated heterocycles. The Morgan fingerprint density at radius 1 is 0.721 bits per heavy atom. The quantitative estimate of drug-likeness (QED) is 0.168. The van der Waals surface area contributed by atoms with Gasteiger partial charge in [0.25, 0.3) is 0 Å². The van der Waals surface area contributed by atoms with Gasteiger partial charge in [0.2, 0.25) is 0 Å². The molecule has 0 spiro atoms. The SMILES string of the molecule is Brc1cccc2sc3ccc(C4=Cc5c(n(-c6ccc7ccc8c(c7c6)C=CCC=C8)c6ccccc56)C=C=C4)cc3c12. The van der Waals surface area contributed by atoms with E-state index < -0.39 is 0 Å². The number of hydrogen-bond donors (Lipinski definition) is 0. The van der Waals surface area contributed by atoms with Crippen molar-refractivity contribution in [2.45, 2.75) is 6.42 Å². The second-order valence-corrected chi connectivity index (χ2v) is 13.1. The van der Waals surface area contributed by atoms with Crippen molar-refractivity contribution in [1.29, 1.82) is 0 Å². The molecule has 0 amide bonds. The summed E-state index contributed by atoms with van der Waals surface area (Å²) >= 11 is 5.64. The van der Waals surface area contributed by atoms with Crippen LogP contribution in [0.25, 0.3) is 77.4 Å². The van der Waals surface area contributed by atoms with Gasteiger partial charge in [0.1, 0.15) is 0 Å². The van der Waals surface area contributed by atoms with Gasteiger partial charge < -0.3 is 4.57 Å². The predicted octanol–water partition coefficient (Wildman–Crippen LogP) is 12.1. The van der Waals surface area contributed by atoms with E-state index in [9.17, 15) is 0 Å². The van der Waals surface area contributed by atoms with Crippen LogP contribution in [0.2, 0.25) is 0 Å². The second kappa shape index (κ2) is 9.69. The fourth-order valence-electron chi connectivity index (χ4n) is 6.67. The zero-order valence-electron chi connectivity index (χ0n) is 23.1.